The van der Waals surface area contributed by atoms with E-state index in [-0.39, 0.29) is 18.4 Å². The molecule has 1 aromatic heterocycles. The van der Waals surface area contributed by atoms with E-state index < -0.39 is 12.1 Å². The zero-order valence-corrected chi connectivity index (χ0v) is 12.7. The van der Waals surface area contributed by atoms with Crippen LogP contribution in [0.25, 0.3) is 0 Å². The van der Waals surface area contributed by atoms with Crippen molar-refractivity contribution in [1.29, 1.82) is 0 Å². The number of furan rings is 1. The first kappa shape index (κ1) is 15.3. The Kier molecular flexibility index (Phi) is 4.16. The molecule has 1 heterocycles. The van der Waals surface area contributed by atoms with Crippen LogP contribution < -0.4 is 10.6 Å². The Hall–Kier alpha value is -2.60. The summed E-state index contributed by atoms with van der Waals surface area (Å²) in [4.78, 5) is 24.0. The molecule has 2 atom stereocenters. The number of hydrogen-bond acceptors (Lipinski definition) is 4. The minimum Gasteiger partial charge on any atom is -0.469 e. The maximum atomic E-state index is 12.1. The Labute approximate surface area is 133 Å². The summed E-state index contributed by atoms with van der Waals surface area (Å²) in [7, 11) is 0. The van der Waals surface area contributed by atoms with Crippen molar-refractivity contribution in [3.8, 4) is 0 Å². The van der Waals surface area contributed by atoms with Gasteiger partial charge in [-0.15, -0.1) is 0 Å². The number of hydrogen-bond donors (Lipinski definition) is 3. The molecule has 120 valence electrons. The molecule has 6 heteroatoms. The Morgan fingerprint density at radius 2 is 2.09 bits per heavy atom. The monoisotopic (exact) mass is 314 g/mol. The van der Waals surface area contributed by atoms with E-state index in [0.29, 0.717) is 17.7 Å². The van der Waals surface area contributed by atoms with Crippen molar-refractivity contribution in [2.24, 2.45) is 0 Å². The lowest BCUT2D eigenvalue weighted by Gasteiger charge is -2.18. The van der Waals surface area contributed by atoms with E-state index in [4.69, 9.17) is 4.42 Å². The minimum atomic E-state index is -0.650. The standard InChI is InChI=1S/C17H18N2O4/c1-10-12(6-7-23-10)17(22)18-9-15(21)19-16-13-5-3-2-4-11(13)8-14(16)20/h2-7,14,16,20H,8-9H2,1H3,(H,18,22)(H,19,21). The predicted molar refractivity (Wildman–Crippen MR) is 82.8 cm³/mol. The number of benzene rings is 1. The van der Waals surface area contributed by atoms with Gasteiger partial charge in [0, 0.05) is 6.42 Å². The number of rotatable bonds is 4. The molecule has 3 rings (SSSR count). The second kappa shape index (κ2) is 6.26. The molecule has 0 radical (unpaired) electrons. The molecule has 1 aliphatic carbocycles. The van der Waals surface area contributed by atoms with Gasteiger partial charge in [-0.2, -0.15) is 0 Å². The highest BCUT2D eigenvalue weighted by Crippen LogP contribution is 2.30. The summed E-state index contributed by atoms with van der Waals surface area (Å²) in [5.41, 5.74) is 2.36. The van der Waals surface area contributed by atoms with Crippen LogP contribution in [0, 0.1) is 6.92 Å². The van der Waals surface area contributed by atoms with Crippen LogP contribution >= 0.6 is 0 Å². The van der Waals surface area contributed by atoms with Crippen LogP contribution in [0.4, 0.5) is 0 Å². The fourth-order valence-corrected chi connectivity index (χ4v) is 2.85. The van der Waals surface area contributed by atoms with Crippen molar-refractivity contribution in [3.05, 3.63) is 59.0 Å². The first-order chi connectivity index (χ1) is 11.1. The molecule has 1 aliphatic rings. The normalized spacial score (nSPS) is 19.2. The quantitative estimate of drug-likeness (QED) is 0.788. The molecule has 0 aliphatic heterocycles. The lowest BCUT2D eigenvalue weighted by atomic mass is 10.1. The number of fused-ring (bicyclic) bond motifs is 1. The largest absolute Gasteiger partial charge is 0.469 e. The number of nitrogens with one attached hydrogen (secondary N) is 2. The molecule has 6 nitrogen and oxygen atoms in total. The van der Waals surface area contributed by atoms with E-state index in [1.807, 2.05) is 24.3 Å². The molecular formula is C17H18N2O4. The Morgan fingerprint density at radius 3 is 2.83 bits per heavy atom. The molecule has 2 unspecified atom stereocenters. The summed E-state index contributed by atoms with van der Waals surface area (Å²) >= 11 is 0. The first-order valence-electron chi connectivity index (χ1n) is 7.44. The van der Waals surface area contributed by atoms with E-state index in [1.165, 1.54) is 6.26 Å². The molecule has 2 aromatic rings. The Bertz CT molecular complexity index is 738. The third-order valence-electron chi connectivity index (χ3n) is 4.03. The molecular weight excluding hydrogens is 296 g/mol. The maximum absolute atomic E-state index is 12.1. The van der Waals surface area contributed by atoms with Crippen molar-refractivity contribution in [2.75, 3.05) is 6.54 Å². The van der Waals surface area contributed by atoms with Crippen molar-refractivity contribution in [3.63, 3.8) is 0 Å². The van der Waals surface area contributed by atoms with Crippen LogP contribution in [0.1, 0.15) is 33.3 Å². The van der Waals surface area contributed by atoms with Gasteiger partial charge in [0.1, 0.15) is 5.76 Å². The van der Waals surface area contributed by atoms with Gasteiger partial charge in [0.2, 0.25) is 5.91 Å². The summed E-state index contributed by atoms with van der Waals surface area (Å²) in [5, 5.41) is 15.4. The van der Waals surface area contributed by atoms with Crippen molar-refractivity contribution in [1.82, 2.24) is 10.6 Å². The minimum absolute atomic E-state index is 0.158. The zero-order valence-electron chi connectivity index (χ0n) is 12.7. The van der Waals surface area contributed by atoms with Gasteiger partial charge in [0.05, 0.1) is 30.5 Å². The average Bonchev–Trinajstić information content (AvgIpc) is 3.09. The predicted octanol–water partition coefficient (Wildman–Crippen LogP) is 1.09. The molecule has 0 spiro atoms. The topological polar surface area (TPSA) is 91.6 Å². The second-order valence-corrected chi connectivity index (χ2v) is 5.59. The van der Waals surface area contributed by atoms with Crippen molar-refractivity contribution < 1.29 is 19.1 Å². The van der Waals surface area contributed by atoms with E-state index in [1.54, 1.807) is 13.0 Å². The van der Waals surface area contributed by atoms with Crippen LogP contribution in [-0.2, 0) is 11.2 Å². The molecule has 2 amide bonds. The lowest BCUT2D eigenvalue weighted by Crippen LogP contribution is -2.41. The molecule has 0 fully saturated rings. The summed E-state index contributed by atoms with van der Waals surface area (Å²) < 4.78 is 5.06. The van der Waals surface area contributed by atoms with Crippen molar-refractivity contribution >= 4 is 11.8 Å². The lowest BCUT2D eigenvalue weighted by molar-refractivity contribution is -0.121. The van der Waals surface area contributed by atoms with Gasteiger partial charge in [-0.25, -0.2) is 0 Å². The molecule has 23 heavy (non-hydrogen) atoms. The van der Waals surface area contributed by atoms with Gasteiger partial charge in [0.15, 0.2) is 0 Å². The van der Waals surface area contributed by atoms with E-state index >= 15 is 0 Å². The third-order valence-corrected chi connectivity index (χ3v) is 4.03. The highest BCUT2D eigenvalue weighted by Gasteiger charge is 2.31. The number of carbonyl (C=O) groups is 2. The molecule has 3 N–H and O–H groups in total. The summed E-state index contributed by atoms with van der Waals surface area (Å²) in [6.45, 7) is 1.52. The third kappa shape index (κ3) is 3.12. The van der Waals surface area contributed by atoms with Gasteiger partial charge in [0.25, 0.3) is 5.91 Å². The van der Waals surface area contributed by atoms with Crippen LogP contribution in [0.5, 0.6) is 0 Å². The van der Waals surface area contributed by atoms with Gasteiger partial charge >= 0.3 is 0 Å². The zero-order chi connectivity index (χ0) is 16.4. The highest BCUT2D eigenvalue weighted by atomic mass is 16.3. The van der Waals surface area contributed by atoms with E-state index in [9.17, 15) is 14.7 Å². The number of aryl methyl sites for hydroxylation is 1. The van der Waals surface area contributed by atoms with Crippen LogP contribution in [0.15, 0.2) is 41.0 Å². The summed E-state index contributed by atoms with van der Waals surface area (Å²) in [6, 6.07) is 8.73. The number of aliphatic hydroxyl groups is 1. The van der Waals surface area contributed by atoms with Crippen LogP contribution in [0.3, 0.4) is 0 Å². The van der Waals surface area contributed by atoms with E-state index in [0.717, 1.165) is 11.1 Å². The second-order valence-electron chi connectivity index (χ2n) is 5.59. The van der Waals surface area contributed by atoms with Crippen LogP contribution in [0.2, 0.25) is 0 Å². The number of carbonyl (C=O) groups excluding carboxylic acids is 2. The Balaban J connectivity index is 1.58. The van der Waals surface area contributed by atoms with E-state index in [2.05, 4.69) is 10.6 Å². The van der Waals surface area contributed by atoms with Crippen molar-refractivity contribution in [2.45, 2.75) is 25.5 Å². The molecule has 0 bridgehead atoms. The summed E-state index contributed by atoms with van der Waals surface area (Å²) in [6.07, 6.45) is 1.29. The SMILES string of the molecule is Cc1occc1C(=O)NCC(=O)NC1c2ccccc2CC1O. The molecule has 0 saturated carbocycles. The molecule has 0 saturated heterocycles. The molecule has 1 aromatic carbocycles. The van der Waals surface area contributed by atoms with Gasteiger partial charge < -0.3 is 20.2 Å². The average molecular weight is 314 g/mol. The van der Waals surface area contributed by atoms with Gasteiger partial charge in [-0.05, 0) is 24.1 Å². The fourth-order valence-electron chi connectivity index (χ4n) is 2.85. The van der Waals surface area contributed by atoms with Gasteiger partial charge in [-0.1, -0.05) is 24.3 Å². The number of aliphatic hydroxyl groups excluding tert-OH is 1. The van der Waals surface area contributed by atoms with Crippen LogP contribution in [-0.4, -0.2) is 29.6 Å². The maximum Gasteiger partial charge on any atom is 0.255 e. The fraction of sp³-hybridized carbons (Fsp3) is 0.294. The highest BCUT2D eigenvalue weighted by molar-refractivity contribution is 5.97. The summed E-state index contributed by atoms with van der Waals surface area (Å²) in [5.74, 6) is -0.206. The smallest absolute Gasteiger partial charge is 0.255 e. The van der Waals surface area contributed by atoms with Gasteiger partial charge in [-0.3, -0.25) is 9.59 Å². The Morgan fingerprint density at radius 1 is 1.30 bits per heavy atom. The number of amides is 2. The first-order valence-corrected chi connectivity index (χ1v) is 7.44.